The predicted molar refractivity (Wildman–Crippen MR) is 56.4 cm³/mol. The molecule has 2 N–H and O–H groups in total. The van der Waals surface area contributed by atoms with Crippen molar-refractivity contribution < 1.29 is 5.11 Å². The van der Waals surface area contributed by atoms with E-state index < -0.39 is 0 Å². The van der Waals surface area contributed by atoms with Crippen molar-refractivity contribution in [1.29, 1.82) is 5.26 Å². The lowest BCUT2D eigenvalue weighted by Gasteiger charge is -2.05. The van der Waals surface area contributed by atoms with Crippen molar-refractivity contribution >= 4 is 17.3 Å². The highest BCUT2D eigenvalue weighted by Gasteiger charge is 1.99. The largest absolute Gasteiger partial charge is 0.396 e. The van der Waals surface area contributed by atoms with E-state index in [9.17, 15) is 0 Å². The zero-order valence-electron chi connectivity index (χ0n) is 7.63. The Labute approximate surface area is 87.9 Å². The third-order valence-corrected chi connectivity index (χ3v) is 2.08. The first-order valence-corrected chi connectivity index (χ1v) is 4.70. The van der Waals surface area contributed by atoms with Crippen molar-refractivity contribution in [2.45, 2.75) is 6.42 Å². The van der Waals surface area contributed by atoms with Gasteiger partial charge in [0.15, 0.2) is 0 Å². The van der Waals surface area contributed by atoms with Gasteiger partial charge in [-0.05, 0) is 24.6 Å². The highest BCUT2D eigenvalue weighted by molar-refractivity contribution is 6.31. The molecule has 1 rings (SSSR count). The first kappa shape index (κ1) is 10.8. The molecule has 3 nitrogen and oxygen atoms in total. The van der Waals surface area contributed by atoms with Gasteiger partial charge in [-0.1, -0.05) is 11.6 Å². The van der Waals surface area contributed by atoms with Crippen LogP contribution in [0.25, 0.3) is 0 Å². The molecule has 1 aromatic rings. The van der Waals surface area contributed by atoms with E-state index in [4.69, 9.17) is 22.0 Å². The molecule has 0 fully saturated rings. The van der Waals surface area contributed by atoms with E-state index in [2.05, 4.69) is 5.32 Å². The fourth-order valence-electron chi connectivity index (χ4n) is 1.03. The van der Waals surface area contributed by atoms with E-state index in [-0.39, 0.29) is 6.61 Å². The molecule has 14 heavy (non-hydrogen) atoms. The summed E-state index contributed by atoms with van der Waals surface area (Å²) in [6, 6.07) is 7.19. The normalized spacial score (nSPS) is 9.50. The summed E-state index contributed by atoms with van der Waals surface area (Å²) in [6.45, 7) is 0.842. The molecule has 0 aliphatic rings. The fraction of sp³-hybridized carbons (Fsp3) is 0.300. The zero-order chi connectivity index (χ0) is 10.4. The molecular weight excluding hydrogens is 200 g/mol. The van der Waals surface area contributed by atoms with Gasteiger partial charge in [0.2, 0.25) is 0 Å². The van der Waals surface area contributed by atoms with Crippen LogP contribution in [0.1, 0.15) is 12.0 Å². The molecule has 74 valence electrons. The molecule has 0 heterocycles. The maximum Gasteiger partial charge on any atom is 0.101 e. The highest BCUT2D eigenvalue weighted by Crippen LogP contribution is 2.19. The van der Waals surface area contributed by atoms with E-state index in [1.54, 1.807) is 18.2 Å². The second-order valence-corrected chi connectivity index (χ2v) is 3.22. The molecule has 0 atom stereocenters. The molecule has 0 bridgehead atoms. The van der Waals surface area contributed by atoms with E-state index in [1.165, 1.54) is 0 Å². The minimum Gasteiger partial charge on any atom is -0.396 e. The van der Waals surface area contributed by atoms with Crippen molar-refractivity contribution in [2.75, 3.05) is 18.5 Å². The van der Waals surface area contributed by atoms with Gasteiger partial charge in [0.1, 0.15) is 6.07 Å². The quantitative estimate of drug-likeness (QED) is 0.748. The maximum atomic E-state index is 8.71. The predicted octanol–water partition coefficient (Wildman–Crippen LogP) is 2.01. The van der Waals surface area contributed by atoms with Crippen LogP contribution < -0.4 is 5.32 Å². The van der Waals surface area contributed by atoms with Crippen LogP contribution >= 0.6 is 11.6 Å². The van der Waals surface area contributed by atoms with Crippen LogP contribution in [-0.4, -0.2) is 18.3 Å². The van der Waals surface area contributed by atoms with Gasteiger partial charge >= 0.3 is 0 Å². The smallest absolute Gasteiger partial charge is 0.101 e. The van der Waals surface area contributed by atoms with Crippen LogP contribution in [0, 0.1) is 11.3 Å². The summed E-state index contributed by atoms with van der Waals surface area (Å²) in [4.78, 5) is 0. The lowest BCUT2D eigenvalue weighted by atomic mass is 10.2. The summed E-state index contributed by atoms with van der Waals surface area (Å²) < 4.78 is 0. The number of nitrogens with one attached hydrogen (secondary N) is 1. The van der Waals surface area contributed by atoms with Crippen molar-refractivity contribution in [3.63, 3.8) is 0 Å². The molecule has 1 aromatic carbocycles. The lowest BCUT2D eigenvalue weighted by Crippen LogP contribution is -2.03. The molecule has 0 aromatic heterocycles. The monoisotopic (exact) mass is 210 g/mol. The van der Waals surface area contributed by atoms with Gasteiger partial charge in [-0.15, -0.1) is 0 Å². The van der Waals surface area contributed by atoms with Gasteiger partial charge < -0.3 is 10.4 Å². The van der Waals surface area contributed by atoms with Crippen molar-refractivity contribution in [3.8, 4) is 6.07 Å². The topological polar surface area (TPSA) is 56.0 Å². The summed E-state index contributed by atoms with van der Waals surface area (Å²) in [5, 5.41) is 20.8. The third kappa shape index (κ3) is 2.91. The zero-order valence-corrected chi connectivity index (χ0v) is 8.38. The molecule has 4 heteroatoms. The first-order chi connectivity index (χ1) is 6.77. The number of aliphatic hydroxyl groups excluding tert-OH is 1. The molecule has 0 unspecified atom stereocenters. The number of benzene rings is 1. The summed E-state index contributed by atoms with van der Waals surface area (Å²) in [5.41, 5.74) is 1.31. The molecule has 0 radical (unpaired) electrons. The molecule has 0 saturated carbocycles. The van der Waals surface area contributed by atoms with Crippen LogP contribution in [-0.2, 0) is 0 Å². The second-order valence-electron chi connectivity index (χ2n) is 2.81. The van der Waals surface area contributed by atoms with Crippen molar-refractivity contribution in [2.24, 2.45) is 0 Å². The Balaban J connectivity index is 2.66. The molecular formula is C10H11ClN2O. The summed E-state index contributed by atoms with van der Waals surface area (Å²) in [7, 11) is 0. The minimum atomic E-state index is 0.158. The Morgan fingerprint density at radius 3 is 2.93 bits per heavy atom. The minimum absolute atomic E-state index is 0.158. The van der Waals surface area contributed by atoms with Gasteiger partial charge in [-0.25, -0.2) is 0 Å². The van der Waals surface area contributed by atoms with E-state index in [0.717, 1.165) is 5.69 Å². The second kappa shape index (κ2) is 5.48. The van der Waals surface area contributed by atoms with Crippen molar-refractivity contribution in [1.82, 2.24) is 0 Å². The Bertz CT molecular complexity index is 346. The Morgan fingerprint density at radius 1 is 1.50 bits per heavy atom. The number of rotatable bonds is 4. The highest BCUT2D eigenvalue weighted by atomic mass is 35.5. The summed E-state index contributed by atoms with van der Waals surface area (Å²) in [5.74, 6) is 0. The molecule has 0 saturated heterocycles. The van der Waals surface area contributed by atoms with Crippen LogP contribution in [0.2, 0.25) is 5.02 Å². The average molecular weight is 211 g/mol. The molecule has 0 amide bonds. The average Bonchev–Trinajstić information content (AvgIpc) is 2.21. The van der Waals surface area contributed by atoms with E-state index >= 15 is 0 Å². The van der Waals surface area contributed by atoms with Crippen molar-refractivity contribution in [3.05, 3.63) is 28.8 Å². The van der Waals surface area contributed by atoms with Gasteiger partial charge in [0, 0.05) is 18.8 Å². The van der Waals surface area contributed by atoms with Crippen LogP contribution in [0.3, 0.4) is 0 Å². The first-order valence-electron chi connectivity index (χ1n) is 4.32. The number of halogens is 1. The number of nitriles is 1. The third-order valence-electron chi connectivity index (χ3n) is 1.75. The number of hydrogen-bond donors (Lipinski definition) is 2. The standard InChI is InChI=1S/C10H11ClN2O/c11-10-3-2-9(6-8(10)7-12)13-4-1-5-14/h2-3,6,13-14H,1,4-5H2. The van der Waals surface area contributed by atoms with Crippen LogP contribution in [0.4, 0.5) is 5.69 Å². The van der Waals surface area contributed by atoms with Gasteiger partial charge in [-0.2, -0.15) is 5.26 Å². The molecule has 0 aliphatic heterocycles. The Morgan fingerprint density at radius 2 is 2.29 bits per heavy atom. The Kier molecular flexibility index (Phi) is 4.24. The number of hydrogen-bond acceptors (Lipinski definition) is 3. The summed E-state index contributed by atoms with van der Waals surface area (Å²) in [6.07, 6.45) is 0.685. The Hall–Kier alpha value is -1.24. The number of aliphatic hydroxyl groups is 1. The molecule has 0 aliphatic carbocycles. The van der Waals surface area contributed by atoms with Crippen LogP contribution in [0.15, 0.2) is 18.2 Å². The summed E-state index contributed by atoms with van der Waals surface area (Å²) >= 11 is 5.77. The number of nitrogens with zero attached hydrogens (tertiary/aromatic N) is 1. The van der Waals surface area contributed by atoms with E-state index in [0.29, 0.717) is 23.6 Å². The lowest BCUT2D eigenvalue weighted by molar-refractivity contribution is 0.292. The number of anilines is 1. The van der Waals surface area contributed by atoms with Crippen LogP contribution in [0.5, 0.6) is 0 Å². The molecule has 0 spiro atoms. The maximum absolute atomic E-state index is 8.71. The van der Waals surface area contributed by atoms with Gasteiger partial charge in [0.05, 0.1) is 10.6 Å². The van der Waals surface area contributed by atoms with E-state index in [1.807, 2.05) is 6.07 Å². The SMILES string of the molecule is N#Cc1cc(NCCCO)ccc1Cl. The van der Waals surface area contributed by atoms with Gasteiger partial charge in [-0.3, -0.25) is 0 Å². The fourth-order valence-corrected chi connectivity index (χ4v) is 1.19. The van der Waals surface area contributed by atoms with Gasteiger partial charge in [0.25, 0.3) is 0 Å².